The average Bonchev–Trinajstić information content (AvgIpc) is 2.47. The number of nitrogens with one attached hydrogen (secondary N) is 1. The average molecular weight is 297 g/mol. The first kappa shape index (κ1) is 18.1. The summed E-state index contributed by atoms with van der Waals surface area (Å²) in [5.41, 5.74) is 0.474. The van der Waals surface area contributed by atoms with Crippen molar-refractivity contribution in [2.45, 2.75) is 45.3 Å². The van der Waals surface area contributed by atoms with Crippen molar-refractivity contribution in [2.75, 3.05) is 26.9 Å². The summed E-state index contributed by atoms with van der Waals surface area (Å²) >= 11 is 0. The summed E-state index contributed by atoms with van der Waals surface area (Å²) in [5, 5.41) is 3.34. The van der Waals surface area contributed by atoms with Crippen LogP contribution in [0.15, 0.2) is 24.3 Å². The van der Waals surface area contributed by atoms with E-state index >= 15 is 0 Å². The first-order valence-corrected chi connectivity index (χ1v) is 7.61. The zero-order valence-corrected chi connectivity index (χ0v) is 13.6. The summed E-state index contributed by atoms with van der Waals surface area (Å²) in [5.74, 6) is -0.188. The molecule has 120 valence electrons. The lowest BCUT2D eigenvalue weighted by Crippen LogP contribution is -2.29. The molecule has 1 atom stereocenters. The third kappa shape index (κ3) is 6.55. The molecule has 4 heteroatoms. The maximum absolute atomic E-state index is 13.9. The standard InChI is InChI=1S/C17H28FNO2/c1-5-11-19-16(14-8-6-7-9-15(14)18)13-21-12-10-17(2,3)20-4/h6-9,16,19H,5,10-13H2,1-4H3. The van der Waals surface area contributed by atoms with Gasteiger partial charge in [-0.05, 0) is 39.3 Å². The first-order valence-electron chi connectivity index (χ1n) is 7.61. The van der Waals surface area contributed by atoms with E-state index < -0.39 is 0 Å². The van der Waals surface area contributed by atoms with E-state index in [1.54, 1.807) is 13.2 Å². The third-order valence-electron chi connectivity index (χ3n) is 3.61. The van der Waals surface area contributed by atoms with Gasteiger partial charge in [-0.15, -0.1) is 0 Å². The predicted molar refractivity (Wildman–Crippen MR) is 84.0 cm³/mol. The van der Waals surface area contributed by atoms with Crippen LogP contribution in [0.3, 0.4) is 0 Å². The molecule has 0 aromatic heterocycles. The number of hydrogen-bond donors (Lipinski definition) is 1. The number of rotatable bonds is 10. The molecule has 3 nitrogen and oxygen atoms in total. The van der Waals surface area contributed by atoms with Crippen molar-refractivity contribution < 1.29 is 13.9 Å². The number of hydrogen-bond acceptors (Lipinski definition) is 3. The highest BCUT2D eigenvalue weighted by Crippen LogP contribution is 2.18. The summed E-state index contributed by atoms with van der Waals surface area (Å²) < 4.78 is 25.0. The third-order valence-corrected chi connectivity index (χ3v) is 3.61. The lowest BCUT2D eigenvalue weighted by atomic mass is 10.1. The van der Waals surface area contributed by atoms with Crippen LogP contribution in [0.25, 0.3) is 0 Å². The molecule has 0 amide bonds. The summed E-state index contributed by atoms with van der Waals surface area (Å²) in [4.78, 5) is 0. The summed E-state index contributed by atoms with van der Waals surface area (Å²) in [6.07, 6.45) is 1.81. The largest absolute Gasteiger partial charge is 0.379 e. The molecule has 0 spiro atoms. The molecular weight excluding hydrogens is 269 g/mol. The summed E-state index contributed by atoms with van der Waals surface area (Å²) in [6.45, 7) is 8.04. The Morgan fingerprint density at radius 2 is 2.00 bits per heavy atom. The van der Waals surface area contributed by atoms with E-state index in [0.717, 1.165) is 19.4 Å². The maximum Gasteiger partial charge on any atom is 0.128 e. The molecule has 1 N–H and O–H groups in total. The van der Waals surface area contributed by atoms with Crippen LogP contribution in [-0.4, -0.2) is 32.5 Å². The Hall–Kier alpha value is -0.970. The second-order valence-electron chi connectivity index (χ2n) is 5.82. The van der Waals surface area contributed by atoms with Crippen molar-refractivity contribution in [1.82, 2.24) is 5.32 Å². The Labute approximate surface area is 127 Å². The van der Waals surface area contributed by atoms with E-state index in [9.17, 15) is 4.39 Å². The van der Waals surface area contributed by atoms with Gasteiger partial charge >= 0.3 is 0 Å². The van der Waals surface area contributed by atoms with Crippen LogP contribution in [0.4, 0.5) is 4.39 Å². The number of methoxy groups -OCH3 is 1. The van der Waals surface area contributed by atoms with Crippen LogP contribution in [0.5, 0.6) is 0 Å². The second kappa shape index (κ2) is 9.13. The van der Waals surface area contributed by atoms with Crippen LogP contribution >= 0.6 is 0 Å². The summed E-state index contributed by atoms with van der Waals surface area (Å²) in [7, 11) is 1.70. The topological polar surface area (TPSA) is 30.5 Å². The van der Waals surface area contributed by atoms with Crippen molar-refractivity contribution >= 4 is 0 Å². The Bertz CT molecular complexity index is 410. The van der Waals surface area contributed by atoms with Gasteiger partial charge in [0, 0.05) is 19.3 Å². The normalized spacial score (nSPS) is 13.4. The molecule has 0 radical (unpaired) electrons. The van der Waals surface area contributed by atoms with Crippen LogP contribution < -0.4 is 5.32 Å². The molecule has 0 aliphatic heterocycles. The molecule has 0 fully saturated rings. The van der Waals surface area contributed by atoms with Gasteiger partial charge in [0.05, 0.1) is 18.2 Å². The van der Waals surface area contributed by atoms with Gasteiger partial charge < -0.3 is 14.8 Å². The molecular formula is C17H28FNO2. The Kier molecular flexibility index (Phi) is 7.86. The van der Waals surface area contributed by atoms with E-state index in [1.807, 2.05) is 26.0 Å². The van der Waals surface area contributed by atoms with E-state index in [4.69, 9.17) is 9.47 Å². The van der Waals surface area contributed by atoms with Gasteiger partial charge in [0.25, 0.3) is 0 Å². The minimum Gasteiger partial charge on any atom is -0.379 e. The molecule has 21 heavy (non-hydrogen) atoms. The van der Waals surface area contributed by atoms with E-state index in [1.165, 1.54) is 6.07 Å². The Morgan fingerprint density at radius 3 is 2.62 bits per heavy atom. The van der Waals surface area contributed by atoms with Gasteiger partial charge in [-0.2, -0.15) is 0 Å². The maximum atomic E-state index is 13.9. The Balaban J connectivity index is 2.53. The fourth-order valence-corrected chi connectivity index (χ4v) is 1.96. The van der Waals surface area contributed by atoms with Crippen molar-refractivity contribution in [3.63, 3.8) is 0 Å². The molecule has 1 unspecified atom stereocenters. The monoisotopic (exact) mass is 297 g/mol. The molecule has 0 saturated heterocycles. The van der Waals surface area contributed by atoms with Crippen molar-refractivity contribution in [2.24, 2.45) is 0 Å². The van der Waals surface area contributed by atoms with Gasteiger partial charge in [-0.25, -0.2) is 4.39 Å². The van der Waals surface area contributed by atoms with Gasteiger partial charge in [0.2, 0.25) is 0 Å². The highest BCUT2D eigenvalue weighted by Gasteiger charge is 2.18. The predicted octanol–water partition coefficient (Wildman–Crippen LogP) is 3.70. The molecule has 1 rings (SSSR count). The minimum atomic E-state index is -0.190. The van der Waals surface area contributed by atoms with E-state index in [-0.39, 0.29) is 17.5 Å². The van der Waals surface area contributed by atoms with Gasteiger partial charge in [-0.3, -0.25) is 0 Å². The van der Waals surface area contributed by atoms with Crippen LogP contribution in [-0.2, 0) is 9.47 Å². The molecule has 0 bridgehead atoms. The lowest BCUT2D eigenvalue weighted by molar-refractivity contribution is -0.0125. The minimum absolute atomic E-state index is 0.114. The lowest BCUT2D eigenvalue weighted by Gasteiger charge is -2.24. The fraction of sp³-hybridized carbons (Fsp3) is 0.647. The van der Waals surface area contributed by atoms with Crippen molar-refractivity contribution in [3.8, 4) is 0 Å². The van der Waals surface area contributed by atoms with Gasteiger partial charge in [0.15, 0.2) is 0 Å². The van der Waals surface area contributed by atoms with E-state index in [2.05, 4.69) is 12.2 Å². The van der Waals surface area contributed by atoms with Gasteiger partial charge in [-0.1, -0.05) is 25.1 Å². The van der Waals surface area contributed by atoms with Crippen LogP contribution in [0.1, 0.15) is 45.2 Å². The summed E-state index contributed by atoms with van der Waals surface area (Å²) in [6, 6.07) is 6.75. The fourth-order valence-electron chi connectivity index (χ4n) is 1.96. The van der Waals surface area contributed by atoms with Crippen LogP contribution in [0, 0.1) is 5.82 Å². The zero-order chi connectivity index (χ0) is 15.7. The SMILES string of the molecule is CCCNC(COCCC(C)(C)OC)c1ccccc1F. The molecule has 0 saturated carbocycles. The zero-order valence-electron chi connectivity index (χ0n) is 13.6. The number of benzene rings is 1. The van der Waals surface area contributed by atoms with Gasteiger partial charge in [0.1, 0.15) is 5.82 Å². The molecule has 1 aromatic rings. The molecule has 0 aliphatic rings. The number of ether oxygens (including phenoxy) is 2. The first-order chi connectivity index (χ1) is 10.00. The molecule has 1 aromatic carbocycles. The second-order valence-corrected chi connectivity index (χ2v) is 5.82. The highest BCUT2D eigenvalue weighted by atomic mass is 19.1. The molecule has 0 heterocycles. The van der Waals surface area contributed by atoms with Crippen molar-refractivity contribution in [3.05, 3.63) is 35.6 Å². The highest BCUT2D eigenvalue weighted by molar-refractivity contribution is 5.21. The Morgan fingerprint density at radius 1 is 1.29 bits per heavy atom. The van der Waals surface area contributed by atoms with Crippen molar-refractivity contribution in [1.29, 1.82) is 0 Å². The quantitative estimate of drug-likeness (QED) is 0.668. The van der Waals surface area contributed by atoms with Crippen LogP contribution in [0.2, 0.25) is 0 Å². The molecule has 0 aliphatic carbocycles. The van der Waals surface area contributed by atoms with E-state index in [0.29, 0.717) is 18.8 Å². The smallest absolute Gasteiger partial charge is 0.128 e. The number of halogens is 1.